The van der Waals surface area contributed by atoms with Crippen LogP contribution in [0.25, 0.3) is 21.3 Å². The van der Waals surface area contributed by atoms with Crippen LogP contribution >= 0.6 is 11.3 Å². The fourth-order valence-electron chi connectivity index (χ4n) is 5.61. The predicted octanol–water partition coefficient (Wildman–Crippen LogP) is 4.02. The second-order valence-corrected chi connectivity index (χ2v) is 11.1. The number of rotatable bonds is 5. The zero-order valence-electron chi connectivity index (χ0n) is 20.6. The normalized spacial score (nSPS) is 21.8. The summed E-state index contributed by atoms with van der Waals surface area (Å²) in [5, 5.41) is 8.16. The van der Waals surface area contributed by atoms with Crippen molar-refractivity contribution < 1.29 is 19.0 Å². The molecule has 36 heavy (non-hydrogen) atoms. The zero-order valence-corrected chi connectivity index (χ0v) is 21.4. The lowest BCUT2D eigenvalue weighted by atomic mass is 9.80. The summed E-state index contributed by atoms with van der Waals surface area (Å²) in [4.78, 5) is 24.2. The number of aromatic nitrogens is 4. The van der Waals surface area contributed by atoms with Crippen LogP contribution in [0.1, 0.15) is 32.1 Å². The summed E-state index contributed by atoms with van der Waals surface area (Å²) < 4.78 is 19.5. The highest BCUT2D eigenvalue weighted by molar-refractivity contribution is 7.23. The minimum absolute atomic E-state index is 0.103. The van der Waals surface area contributed by atoms with Gasteiger partial charge in [-0.05, 0) is 37.5 Å². The van der Waals surface area contributed by atoms with Gasteiger partial charge in [0.25, 0.3) is 0 Å². The maximum absolute atomic E-state index is 13.1. The van der Waals surface area contributed by atoms with Gasteiger partial charge in [0, 0.05) is 68.9 Å². The molecule has 192 valence electrons. The largest absolute Gasteiger partial charge is 0.479 e. The Labute approximate surface area is 213 Å². The van der Waals surface area contributed by atoms with Crippen LogP contribution in [0.4, 0.5) is 9.93 Å². The number of methoxy groups -OCH3 is 1. The number of amides is 2. The van der Waals surface area contributed by atoms with E-state index in [0.29, 0.717) is 22.4 Å². The Balaban J connectivity index is 1.21. The molecule has 10 nitrogen and oxygen atoms in total. The van der Waals surface area contributed by atoms with Gasteiger partial charge in [-0.25, -0.2) is 14.8 Å². The molecule has 1 spiro atoms. The number of hydrogen-bond donors (Lipinski definition) is 1. The van der Waals surface area contributed by atoms with Gasteiger partial charge in [0.2, 0.25) is 5.88 Å². The van der Waals surface area contributed by atoms with Crippen LogP contribution in [0.3, 0.4) is 0 Å². The first-order chi connectivity index (χ1) is 17.6. The zero-order chi connectivity index (χ0) is 24.5. The van der Waals surface area contributed by atoms with Crippen molar-refractivity contribution in [2.75, 3.05) is 51.9 Å². The van der Waals surface area contributed by atoms with E-state index in [4.69, 9.17) is 19.2 Å². The molecule has 1 atom stereocenters. The molecule has 0 unspecified atom stereocenters. The van der Waals surface area contributed by atoms with Gasteiger partial charge >= 0.3 is 6.03 Å². The Bertz CT molecular complexity index is 1230. The van der Waals surface area contributed by atoms with E-state index in [9.17, 15) is 4.79 Å². The van der Waals surface area contributed by atoms with E-state index in [1.807, 2.05) is 22.0 Å². The average molecular weight is 513 g/mol. The van der Waals surface area contributed by atoms with Crippen LogP contribution in [0.5, 0.6) is 5.88 Å². The summed E-state index contributed by atoms with van der Waals surface area (Å²) in [6.07, 6.45) is 11.0. The van der Waals surface area contributed by atoms with E-state index in [1.54, 1.807) is 13.3 Å². The Kier molecular flexibility index (Phi) is 6.53. The number of carbonyl (C=O) groups excluding carboxylic acids is 1. The number of likely N-dealkylation sites (tertiary alicyclic amines) is 1. The molecule has 11 heteroatoms. The Morgan fingerprint density at radius 2 is 2.14 bits per heavy atom. The van der Waals surface area contributed by atoms with E-state index in [1.165, 1.54) is 11.3 Å². The van der Waals surface area contributed by atoms with Gasteiger partial charge < -0.3 is 19.1 Å². The Morgan fingerprint density at radius 3 is 2.94 bits per heavy atom. The number of fused-ring (bicyclic) bond motifs is 1. The number of anilines is 1. The molecular formula is C25H32N6O4S. The fraction of sp³-hybridized carbons (Fsp3) is 0.600. The van der Waals surface area contributed by atoms with Crippen LogP contribution in [0, 0.1) is 11.3 Å². The van der Waals surface area contributed by atoms with Crippen LogP contribution in [0.15, 0.2) is 18.6 Å². The molecule has 0 saturated carbocycles. The van der Waals surface area contributed by atoms with Crippen LogP contribution in [-0.4, -0.2) is 77.3 Å². The summed E-state index contributed by atoms with van der Waals surface area (Å²) in [7, 11) is 1.58. The molecule has 0 aliphatic carbocycles. The smallest absolute Gasteiger partial charge is 0.323 e. The second kappa shape index (κ2) is 9.95. The summed E-state index contributed by atoms with van der Waals surface area (Å²) in [5.41, 5.74) is 2.74. The third-order valence-electron chi connectivity index (χ3n) is 7.72. The van der Waals surface area contributed by atoms with E-state index in [-0.39, 0.29) is 11.4 Å². The topological polar surface area (TPSA) is 104 Å². The number of nitrogens with one attached hydrogen (secondary N) is 1. The number of pyridine rings is 1. The van der Waals surface area contributed by atoms with Gasteiger partial charge in [0.05, 0.1) is 24.6 Å². The molecule has 3 saturated heterocycles. The molecule has 3 aromatic rings. The highest BCUT2D eigenvalue weighted by Crippen LogP contribution is 2.41. The molecule has 6 rings (SSSR count). The Hall–Kier alpha value is -2.76. The van der Waals surface area contributed by atoms with Crippen LogP contribution in [-0.2, 0) is 16.0 Å². The van der Waals surface area contributed by atoms with Gasteiger partial charge in [-0.1, -0.05) is 11.3 Å². The van der Waals surface area contributed by atoms with E-state index in [0.717, 1.165) is 94.0 Å². The van der Waals surface area contributed by atoms with Crippen molar-refractivity contribution in [1.82, 2.24) is 24.6 Å². The molecule has 2 amide bonds. The molecule has 0 aromatic carbocycles. The average Bonchev–Trinajstić information content (AvgIpc) is 3.64. The first kappa shape index (κ1) is 23.6. The van der Waals surface area contributed by atoms with Gasteiger partial charge in [-0.3, -0.25) is 10.00 Å². The summed E-state index contributed by atoms with van der Waals surface area (Å²) in [6, 6.07) is -0.103. The minimum atomic E-state index is -0.103. The van der Waals surface area contributed by atoms with Crippen molar-refractivity contribution in [2.24, 2.45) is 11.3 Å². The number of hydrogen-bond acceptors (Lipinski definition) is 8. The monoisotopic (exact) mass is 512 g/mol. The molecule has 3 aliphatic heterocycles. The first-order valence-electron chi connectivity index (χ1n) is 12.7. The van der Waals surface area contributed by atoms with Crippen molar-refractivity contribution in [3.8, 4) is 17.0 Å². The van der Waals surface area contributed by atoms with Crippen molar-refractivity contribution in [3.63, 3.8) is 0 Å². The van der Waals surface area contributed by atoms with Crippen molar-refractivity contribution in [2.45, 2.75) is 38.6 Å². The van der Waals surface area contributed by atoms with E-state index < -0.39 is 0 Å². The predicted molar refractivity (Wildman–Crippen MR) is 136 cm³/mol. The molecule has 3 aliphatic rings. The van der Waals surface area contributed by atoms with Gasteiger partial charge in [0.1, 0.15) is 5.52 Å². The van der Waals surface area contributed by atoms with Crippen molar-refractivity contribution in [1.29, 1.82) is 0 Å². The van der Waals surface area contributed by atoms with Crippen molar-refractivity contribution in [3.05, 3.63) is 18.6 Å². The number of carbonyl (C=O) groups is 1. The molecule has 3 fully saturated rings. The van der Waals surface area contributed by atoms with Crippen LogP contribution < -0.4 is 10.1 Å². The Morgan fingerprint density at radius 1 is 1.25 bits per heavy atom. The van der Waals surface area contributed by atoms with Gasteiger partial charge in [-0.2, -0.15) is 5.10 Å². The molecule has 3 aromatic heterocycles. The highest BCUT2D eigenvalue weighted by atomic mass is 32.1. The van der Waals surface area contributed by atoms with E-state index in [2.05, 4.69) is 15.4 Å². The summed E-state index contributed by atoms with van der Waals surface area (Å²) >= 11 is 1.44. The second-order valence-electron chi connectivity index (χ2n) is 10.1. The quantitative estimate of drug-likeness (QED) is 0.551. The molecule has 0 radical (unpaired) electrons. The number of nitrogens with zero attached hydrogens (tertiary/aromatic N) is 5. The summed E-state index contributed by atoms with van der Waals surface area (Å²) in [6.45, 7) is 5.58. The molecule has 1 N–H and O–H groups in total. The maximum atomic E-state index is 13.1. The molecule has 6 heterocycles. The fourth-order valence-corrected chi connectivity index (χ4v) is 6.59. The van der Waals surface area contributed by atoms with Gasteiger partial charge in [-0.15, -0.1) is 0 Å². The highest BCUT2D eigenvalue weighted by Gasteiger charge is 2.41. The first-order valence-corrected chi connectivity index (χ1v) is 13.5. The lowest BCUT2D eigenvalue weighted by Crippen LogP contribution is -2.37. The standard InChI is InChI=1S/C25H32N6O4S/c1-33-22-20-21(19(12-26-22)18-11-27-31(14-18)13-17-3-2-8-35-15-17)36-23(28-20)29-24(32)30-7-4-25(16-30)5-9-34-10-6-25/h11-12,14,17H,2-10,13,15-16H2,1H3,(H,28,29,32)/t17-/m1/s1. The summed E-state index contributed by atoms with van der Waals surface area (Å²) in [5.74, 6) is 0.927. The molecular weight excluding hydrogens is 480 g/mol. The van der Waals surface area contributed by atoms with E-state index >= 15 is 0 Å². The lowest BCUT2D eigenvalue weighted by molar-refractivity contribution is 0.0211. The van der Waals surface area contributed by atoms with Crippen LogP contribution in [0.2, 0.25) is 0 Å². The van der Waals surface area contributed by atoms with Crippen molar-refractivity contribution >= 4 is 32.7 Å². The minimum Gasteiger partial charge on any atom is -0.479 e. The maximum Gasteiger partial charge on any atom is 0.323 e. The van der Waals surface area contributed by atoms with Gasteiger partial charge in [0.15, 0.2) is 5.13 Å². The molecule has 0 bridgehead atoms. The number of urea groups is 1. The SMILES string of the molecule is COc1ncc(-c2cnn(C[C@H]3CCCOC3)c2)c2sc(NC(=O)N3CCC4(CCOCC4)C3)nc12. The number of thiazole rings is 1. The third kappa shape index (κ3) is 4.67. The number of ether oxygens (including phenoxy) is 3. The third-order valence-corrected chi connectivity index (χ3v) is 8.72. The lowest BCUT2D eigenvalue weighted by Gasteiger charge is -2.33.